The van der Waals surface area contributed by atoms with Gasteiger partial charge in [-0.15, -0.1) is 0 Å². The Morgan fingerprint density at radius 3 is 2.47 bits per heavy atom. The number of piperidine rings is 1. The third kappa shape index (κ3) is 4.73. The van der Waals surface area contributed by atoms with Crippen molar-refractivity contribution < 1.29 is 9.59 Å². The Morgan fingerprint density at radius 2 is 1.88 bits per heavy atom. The van der Waals surface area contributed by atoms with Gasteiger partial charge in [0.15, 0.2) is 0 Å². The molecular formula is C12H23N3O2. The summed E-state index contributed by atoms with van der Waals surface area (Å²) < 4.78 is 0. The minimum atomic E-state index is -0.208. The second-order valence-corrected chi connectivity index (χ2v) is 4.49. The number of nitrogens with one attached hydrogen (secondary N) is 2. The highest BCUT2D eigenvalue weighted by Gasteiger charge is 2.16. The third-order valence-corrected chi connectivity index (χ3v) is 3.17. The van der Waals surface area contributed by atoms with Crippen molar-refractivity contribution in [3.8, 4) is 0 Å². The van der Waals surface area contributed by atoms with Crippen LogP contribution in [0.15, 0.2) is 0 Å². The zero-order chi connectivity index (χ0) is 12.7. The van der Waals surface area contributed by atoms with E-state index in [0.29, 0.717) is 13.0 Å². The molecule has 17 heavy (non-hydrogen) atoms. The van der Waals surface area contributed by atoms with E-state index in [9.17, 15) is 9.59 Å². The number of amides is 2. The number of nitrogens with zero attached hydrogens (tertiary/aromatic N) is 1. The van der Waals surface area contributed by atoms with Crippen LogP contribution in [0.3, 0.4) is 0 Å². The smallest absolute Gasteiger partial charge is 0.236 e. The SMILES string of the molecule is CNC(C)C(=O)NCCC(=O)N1CCCCC1. The molecule has 0 spiro atoms. The largest absolute Gasteiger partial charge is 0.354 e. The van der Waals surface area contributed by atoms with Gasteiger partial charge in [0, 0.05) is 26.1 Å². The maximum Gasteiger partial charge on any atom is 0.236 e. The average molecular weight is 241 g/mol. The molecule has 1 fully saturated rings. The monoisotopic (exact) mass is 241 g/mol. The van der Waals surface area contributed by atoms with Crippen LogP contribution in [0.4, 0.5) is 0 Å². The van der Waals surface area contributed by atoms with Gasteiger partial charge in [-0.25, -0.2) is 0 Å². The van der Waals surface area contributed by atoms with E-state index >= 15 is 0 Å². The maximum absolute atomic E-state index is 11.8. The van der Waals surface area contributed by atoms with Crippen molar-refractivity contribution in [2.75, 3.05) is 26.7 Å². The van der Waals surface area contributed by atoms with Crippen LogP contribution < -0.4 is 10.6 Å². The van der Waals surface area contributed by atoms with Crippen LogP contribution in [-0.2, 0) is 9.59 Å². The van der Waals surface area contributed by atoms with Gasteiger partial charge < -0.3 is 15.5 Å². The van der Waals surface area contributed by atoms with Gasteiger partial charge in [0.05, 0.1) is 6.04 Å². The standard InChI is InChI=1S/C12H23N3O2/c1-10(13-2)12(17)14-7-6-11(16)15-8-4-3-5-9-15/h10,13H,3-9H2,1-2H3,(H,14,17). The fourth-order valence-corrected chi connectivity index (χ4v) is 1.88. The van der Waals surface area contributed by atoms with E-state index in [0.717, 1.165) is 25.9 Å². The van der Waals surface area contributed by atoms with Gasteiger partial charge in [0.2, 0.25) is 11.8 Å². The summed E-state index contributed by atoms with van der Waals surface area (Å²) in [6.07, 6.45) is 3.84. The van der Waals surface area contributed by atoms with E-state index < -0.39 is 0 Å². The van der Waals surface area contributed by atoms with Crippen LogP contribution in [0.25, 0.3) is 0 Å². The minimum Gasteiger partial charge on any atom is -0.354 e. The molecule has 1 atom stereocenters. The molecule has 1 aliphatic heterocycles. The molecule has 0 saturated carbocycles. The Balaban J connectivity index is 2.17. The summed E-state index contributed by atoms with van der Waals surface area (Å²) in [4.78, 5) is 25.1. The molecule has 5 nitrogen and oxygen atoms in total. The minimum absolute atomic E-state index is 0.0565. The first-order chi connectivity index (χ1) is 8.15. The highest BCUT2D eigenvalue weighted by atomic mass is 16.2. The second kappa shape index (κ2) is 7.27. The Morgan fingerprint density at radius 1 is 1.24 bits per heavy atom. The Hall–Kier alpha value is -1.10. The highest BCUT2D eigenvalue weighted by molar-refractivity contribution is 5.82. The lowest BCUT2D eigenvalue weighted by molar-refractivity contribution is -0.132. The molecule has 5 heteroatoms. The molecule has 1 aliphatic rings. The molecule has 98 valence electrons. The van der Waals surface area contributed by atoms with Gasteiger partial charge in [-0.2, -0.15) is 0 Å². The van der Waals surface area contributed by atoms with Crippen LogP contribution in [0.2, 0.25) is 0 Å². The molecule has 1 heterocycles. The van der Waals surface area contributed by atoms with Gasteiger partial charge in [0.1, 0.15) is 0 Å². The van der Waals surface area contributed by atoms with Crippen LogP contribution >= 0.6 is 0 Å². The third-order valence-electron chi connectivity index (χ3n) is 3.17. The summed E-state index contributed by atoms with van der Waals surface area (Å²) in [6.45, 7) is 3.97. The molecule has 1 rings (SSSR count). The van der Waals surface area contributed by atoms with Crippen LogP contribution in [0, 0.1) is 0 Å². The Bertz CT molecular complexity index is 262. The van der Waals surface area contributed by atoms with Gasteiger partial charge >= 0.3 is 0 Å². The lowest BCUT2D eigenvalue weighted by Crippen LogP contribution is -2.42. The molecule has 1 unspecified atom stereocenters. The summed E-state index contributed by atoms with van der Waals surface area (Å²) >= 11 is 0. The predicted octanol–water partition coefficient (Wildman–Crippen LogP) is 0.113. The van der Waals surface area contributed by atoms with Gasteiger partial charge in [-0.3, -0.25) is 9.59 Å². The molecule has 1 saturated heterocycles. The molecule has 0 radical (unpaired) electrons. The van der Waals surface area contributed by atoms with Crippen molar-refractivity contribution in [1.29, 1.82) is 0 Å². The summed E-state index contributed by atoms with van der Waals surface area (Å²) in [5, 5.41) is 5.61. The topological polar surface area (TPSA) is 61.4 Å². The van der Waals surface area contributed by atoms with E-state index in [2.05, 4.69) is 10.6 Å². The van der Waals surface area contributed by atoms with E-state index in [-0.39, 0.29) is 17.9 Å². The number of carbonyl (C=O) groups is 2. The van der Waals surface area contributed by atoms with Crippen molar-refractivity contribution in [3.05, 3.63) is 0 Å². The fraction of sp³-hybridized carbons (Fsp3) is 0.833. The zero-order valence-corrected chi connectivity index (χ0v) is 10.8. The van der Waals surface area contributed by atoms with Crippen LogP contribution in [0.1, 0.15) is 32.6 Å². The number of likely N-dealkylation sites (tertiary alicyclic amines) is 1. The first-order valence-electron chi connectivity index (χ1n) is 6.38. The number of rotatable bonds is 5. The van der Waals surface area contributed by atoms with Crippen molar-refractivity contribution in [2.45, 2.75) is 38.6 Å². The molecule has 0 aromatic heterocycles. The van der Waals surface area contributed by atoms with Crippen molar-refractivity contribution in [1.82, 2.24) is 15.5 Å². The van der Waals surface area contributed by atoms with Crippen LogP contribution in [-0.4, -0.2) is 49.4 Å². The zero-order valence-electron chi connectivity index (χ0n) is 10.8. The summed E-state index contributed by atoms with van der Waals surface area (Å²) in [6, 6.07) is -0.208. The molecule has 0 aromatic carbocycles. The number of carbonyl (C=O) groups excluding carboxylic acids is 2. The Labute approximate surface area is 103 Å². The van der Waals surface area contributed by atoms with E-state index in [4.69, 9.17) is 0 Å². The van der Waals surface area contributed by atoms with Crippen molar-refractivity contribution in [2.24, 2.45) is 0 Å². The fourth-order valence-electron chi connectivity index (χ4n) is 1.88. The van der Waals surface area contributed by atoms with Gasteiger partial charge in [-0.1, -0.05) is 0 Å². The van der Waals surface area contributed by atoms with E-state index in [1.165, 1.54) is 6.42 Å². The first kappa shape index (κ1) is 14.0. The van der Waals surface area contributed by atoms with E-state index in [1.54, 1.807) is 14.0 Å². The Kier molecular flexibility index (Phi) is 5.97. The number of hydrogen-bond acceptors (Lipinski definition) is 3. The quantitative estimate of drug-likeness (QED) is 0.718. The first-order valence-corrected chi connectivity index (χ1v) is 6.38. The van der Waals surface area contributed by atoms with E-state index in [1.807, 2.05) is 4.90 Å². The lowest BCUT2D eigenvalue weighted by atomic mass is 10.1. The average Bonchev–Trinajstić information content (AvgIpc) is 2.38. The molecule has 2 N–H and O–H groups in total. The van der Waals surface area contributed by atoms with Gasteiger partial charge in [0.25, 0.3) is 0 Å². The van der Waals surface area contributed by atoms with Crippen molar-refractivity contribution >= 4 is 11.8 Å². The molecular weight excluding hydrogens is 218 g/mol. The summed E-state index contributed by atoms with van der Waals surface area (Å²) in [5.74, 6) is 0.0982. The van der Waals surface area contributed by atoms with Crippen molar-refractivity contribution in [3.63, 3.8) is 0 Å². The second-order valence-electron chi connectivity index (χ2n) is 4.49. The molecule has 2 amide bonds. The molecule has 0 bridgehead atoms. The number of hydrogen-bond donors (Lipinski definition) is 2. The summed E-state index contributed by atoms with van der Waals surface area (Å²) in [7, 11) is 1.74. The van der Waals surface area contributed by atoms with Gasteiger partial charge in [-0.05, 0) is 33.2 Å². The van der Waals surface area contributed by atoms with Crippen LogP contribution in [0.5, 0.6) is 0 Å². The lowest BCUT2D eigenvalue weighted by Gasteiger charge is -2.26. The normalized spacial score (nSPS) is 17.6. The summed E-state index contributed by atoms with van der Waals surface area (Å²) in [5.41, 5.74) is 0. The number of likely N-dealkylation sites (N-methyl/N-ethyl adjacent to an activating group) is 1. The predicted molar refractivity (Wildman–Crippen MR) is 66.6 cm³/mol. The molecule has 0 aromatic rings. The molecule has 0 aliphatic carbocycles. The maximum atomic E-state index is 11.8. The highest BCUT2D eigenvalue weighted by Crippen LogP contribution is 2.09.